The van der Waals surface area contributed by atoms with Gasteiger partial charge in [0.15, 0.2) is 0 Å². The Bertz CT molecular complexity index is 543. The topological polar surface area (TPSA) is 69.9 Å². The molecule has 2 amide bonds. The normalized spacial score (nSPS) is 33.4. The molecule has 1 aliphatic carbocycles. The molecule has 4 unspecified atom stereocenters. The highest BCUT2D eigenvalue weighted by molar-refractivity contribution is 5.85. The van der Waals surface area contributed by atoms with Gasteiger partial charge < -0.3 is 15.5 Å². The zero-order chi connectivity index (χ0) is 19.6. The number of hydrogen-bond donors (Lipinski definition) is 1. The van der Waals surface area contributed by atoms with E-state index in [-0.39, 0.29) is 48.1 Å². The predicted molar refractivity (Wildman–Crippen MR) is 122 cm³/mol. The molecular weight excluding hydrogens is 411 g/mol. The molecule has 0 aromatic heterocycles. The third kappa shape index (κ3) is 6.71. The number of nitrogens with two attached hydrogens (primary N) is 1. The van der Waals surface area contributed by atoms with Crippen molar-refractivity contribution < 1.29 is 9.59 Å². The first-order chi connectivity index (χ1) is 12.8. The highest BCUT2D eigenvalue weighted by Crippen LogP contribution is 2.33. The van der Waals surface area contributed by atoms with Gasteiger partial charge in [-0.1, -0.05) is 26.7 Å². The average Bonchev–Trinajstić information content (AvgIpc) is 2.60. The van der Waals surface area contributed by atoms with E-state index in [9.17, 15) is 9.59 Å². The van der Waals surface area contributed by atoms with Gasteiger partial charge in [0.25, 0.3) is 0 Å². The van der Waals surface area contributed by atoms with Gasteiger partial charge in [0.1, 0.15) is 0 Å². The summed E-state index contributed by atoms with van der Waals surface area (Å²) in [6, 6.07) is 0. The number of piperidine rings is 1. The maximum atomic E-state index is 13.0. The van der Waals surface area contributed by atoms with Gasteiger partial charge in [0, 0.05) is 44.8 Å². The number of amides is 2. The molecule has 4 atom stereocenters. The van der Waals surface area contributed by atoms with Crippen LogP contribution >= 0.6 is 24.8 Å². The van der Waals surface area contributed by atoms with Gasteiger partial charge in [-0.05, 0) is 38.0 Å². The lowest BCUT2D eigenvalue weighted by molar-refractivity contribution is -0.141. The standard InChI is InChI=1S/C21H38N4O2.2ClH/c1-16-12-17(2)14-25(13-16)19(26)15-23-8-10-24(11-9-23)20(27)18-6-4-5-7-21(18,3)22;;/h16-18H,4-15,22H2,1-3H3;2*1H. The molecule has 3 aliphatic rings. The van der Waals surface area contributed by atoms with Gasteiger partial charge in [-0.2, -0.15) is 0 Å². The van der Waals surface area contributed by atoms with Crippen LogP contribution in [0.25, 0.3) is 0 Å². The largest absolute Gasteiger partial charge is 0.341 e. The Morgan fingerprint density at radius 1 is 0.966 bits per heavy atom. The molecule has 0 spiro atoms. The van der Waals surface area contributed by atoms with Crippen LogP contribution < -0.4 is 5.73 Å². The first-order valence-corrected chi connectivity index (χ1v) is 10.8. The number of likely N-dealkylation sites (tertiary alicyclic amines) is 1. The van der Waals surface area contributed by atoms with Crippen molar-refractivity contribution in [3.05, 3.63) is 0 Å². The first kappa shape index (κ1) is 26.5. The number of carbonyl (C=O) groups excluding carboxylic acids is 2. The van der Waals surface area contributed by atoms with Crippen molar-refractivity contribution in [3.8, 4) is 0 Å². The van der Waals surface area contributed by atoms with E-state index in [0.29, 0.717) is 31.5 Å². The fourth-order valence-corrected chi connectivity index (χ4v) is 5.27. The van der Waals surface area contributed by atoms with Gasteiger partial charge in [-0.15, -0.1) is 24.8 Å². The summed E-state index contributed by atoms with van der Waals surface area (Å²) in [6.07, 6.45) is 5.29. The molecule has 0 aromatic rings. The molecule has 2 aliphatic heterocycles. The minimum Gasteiger partial charge on any atom is -0.341 e. The lowest BCUT2D eigenvalue weighted by atomic mass is 9.74. The van der Waals surface area contributed by atoms with Crippen molar-refractivity contribution >= 4 is 36.6 Å². The van der Waals surface area contributed by atoms with Crippen LogP contribution in [0.5, 0.6) is 0 Å². The molecule has 0 aromatic carbocycles. The van der Waals surface area contributed by atoms with Crippen LogP contribution in [-0.2, 0) is 9.59 Å². The van der Waals surface area contributed by atoms with E-state index in [4.69, 9.17) is 5.73 Å². The van der Waals surface area contributed by atoms with Crippen LogP contribution in [0.4, 0.5) is 0 Å². The van der Waals surface area contributed by atoms with E-state index in [2.05, 4.69) is 18.7 Å². The molecule has 6 nitrogen and oxygen atoms in total. The van der Waals surface area contributed by atoms with Gasteiger partial charge in [-0.3, -0.25) is 14.5 Å². The Morgan fingerprint density at radius 3 is 2.10 bits per heavy atom. The fourth-order valence-electron chi connectivity index (χ4n) is 5.27. The second-order valence-electron chi connectivity index (χ2n) is 9.65. The Morgan fingerprint density at radius 2 is 1.55 bits per heavy atom. The van der Waals surface area contributed by atoms with E-state index in [1.807, 2.05) is 16.7 Å². The zero-order valence-corrected chi connectivity index (χ0v) is 19.9. The molecule has 0 bridgehead atoms. The van der Waals surface area contributed by atoms with Crippen LogP contribution in [0.15, 0.2) is 0 Å². The number of halogens is 2. The van der Waals surface area contributed by atoms with Crippen molar-refractivity contribution in [2.75, 3.05) is 45.8 Å². The SMILES string of the molecule is CC1CC(C)CN(C(=O)CN2CCN(C(=O)C3CCCCC3(C)N)CC2)C1.Cl.Cl. The predicted octanol–water partition coefficient (Wildman–Crippen LogP) is 2.39. The van der Waals surface area contributed by atoms with Crippen molar-refractivity contribution in [2.24, 2.45) is 23.5 Å². The van der Waals surface area contributed by atoms with E-state index < -0.39 is 0 Å². The lowest BCUT2D eigenvalue weighted by Crippen LogP contribution is -2.58. The van der Waals surface area contributed by atoms with Gasteiger partial charge >= 0.3 is 0 Å². The van der Waals surface area contributed by atoms with Crippen LogP contribution in [0.3, 0.4) is 0 Å². The molecule has 3 fully saturated rings. The number of rotatable bonds is 3. The van der Waals surface area contributed by atoms with Gasteiger partial charge in [0.05, 0.1) is 12.5 Å². The summed E-state index contributed by atoms with van der Waals surface area (Å²) in [5, 5.41) is 0. The van der Waals surface area contributed by atoms with E-state index in [1.165, 1.54) is 6.42 Å². The third-order valence-corrected chi connectivity index (χ3v) is 6.82. The molecule has 2 saturated heterocycles. The molecule has 170 valence electrons. The van der Waals surface area contributed by atoms with Crippen LogP contribution in [0, 0.1) is 17.8 Å². The van der Waals surface area contributed by atoms with Crippen LogP contribution in [0.1, 0.15) is 52.9 Å². The summed E-state index contributed by atoms with van der Waals surface area (Å²) in [6.45, 7) is 11.7. The Kier molecular flexibility index (Phi) is 10.2. The summed E-state index contributed by atoms with van der Waals surface area (Å²) < 4.78 is 0. The second-order valence-corrected chi connectivity index (χ2v) is 9.65. The highest BCUT2D eigenvalue weighted by atomic mass is 35.5. The van der Waals surface area contributed by atoms with E-state index >= 15 is 0 Å². The number of nitrogens with zero attached hydrogens (tertiary/aromatic N) is 3. The molecule has 3 rings (SSSR count). The molecular formula is C21H40Cl2N4O2. The van der Waals surface area contributed by atoms with E-state index in [0.717, 1.165) is 51.9 Å². The maximum Gasteiger partial charge on any atom is 0.236 e. The van der Waals surface area contributed by atoms with Gasteiger partial charge in [-0.25, -0.2) is 0 Å². The second kappa shape index (κ2) is 11.2. The Labute approximate surface area is 188 Å². The summed E-state index contributed by atoms with van der Waals surface area (Å²) in [4.78, 5) is 31.9. The maximum absolute atomic E-state index is 13.0. The zero-order valence-electron chi connectivity index (χ0n) is 18.3. The summed E-state index contributed by atoms with van der Waals surface area (Å²) in [7, 11) is 0. The molecule has 1 saturated carbocycles. The van der Waals surface area contributed by atoms with Crippen molar-refractivity contribution in [1.82, 2.24) is 14.7 Å². The Balaban J connectivity index is 0.00000210. The third-order valence-electron chi connectivity index (χ3n) is 6.82. The van der Waals surface area contributed by atoms with E-state index in [1.54, 1.807) is 0 Å². The minimum atomic E-state index is -0.371. The average molecular weight is 451 g/mol. The molecule has 8 heteroatoms. The van der Waals surface area contributed by atoms with Crippen molar-refractivity contribution in [2.45, 2.75) is 58.4 Å². The number of carbonyl (C=O) groups is 2. The highest BCUT2D eigenvalue weighted by Gasteiger charge is 2.40. The molecule has 2 heterocycles. The van der Waals surface area contributed by atoms with Crippen molar-refractivity contribution in [3.63, 3.8) is 0 Å². The number of hydrogen-bond acceptors (Lipinski definition) is 4. The monoisotopic (exact) mass is 450 g/mol. The minimum absolute atomic E-state index is 0. The Hall–Kier alpha value is -0.560. The van der Waals surface area contributed by atoms with Gasteiger partial charge in [0.2, 0.25) is 11.8 Å². The van der Waals surface area contributed by atoms with Crippen LogP contribution in [0.2, 0.25) is 0 Å². The molecule has 29 heavy (non-hydrogen) atoms. The van der Waals surface area contributed by atoms with Crippen molar-refractivity contribution in [1.29, 1.82) is 0 Å². The summed E-state index contributed by atoms with van der Waals surface area (Å²) >= 11 is 0. The quantitative estimate of drug-likeness (QED) is 0.716. The van der Waals surface area contributed by atoms with Crippen LogP contribution in [-0.4, -0.2) is 77.9 Å². The first-order valence-electron chi connectivity index (χ1n) is 10.8. The molecule has 0 radical (unpaired) electrons. The lowest BCUT2D eigenvalue weighted by Gasteiger charge is -2.42. The summed E-state index contributed by atoms with van der Waals surface area (Å²) in [5.74, 6) is 1.61. The fraction of sp³-hybridized carbons (Fsp3) is 0.905. The summed E-state index contributed by atoms with van der Waals surface area (Å²) in [5.41, 5.74) is 6.05. The smallest absolute Gasteiger partial charge is 0.236 e. The molecule has 2 N–H and O–H groups in total. The number of piperazine rings is 1.